The first-order chi connectivity index (χ1) is 5.68. The number of anilines is 1. The number of benzene rings is 1. The summed E-state index contributed by atoms with van der Waals surface area (Å²) >= 11 is 2.39. The molecule has 1 aliphatic heterocycles. The van der Waals surface area contributed by atoms with Crippen molar-refractivity contribution in [3.63, 3.8) is 0 Å². The molecule has 0 spiro atoms. The van der Waals surface area contributed by atoms with Crippen LogP contribution in [0.15, 0.2) is 12.1 Å². The fourth-order valence-corrected chi connectivity index (χ4v) is 2.32. The van der Waals surface area contributed by atoms with E-state index in [9.17, 15) is 0 Å². The lowest BCUT2D eigenvalue weighted by Crippen LogP contribution is -2.03. The highest BCUT2D eigenvalue weighted by molar-refractivity contribution is 14.1. The number of rotatable bonds is 0. The second-order valence-electron chi connectivity index (χ2n) is 3.40. The van der Waals surface area contributed by atoms with Crippen LogP contribution in [0.3, 0.4) is 0 Å². The number of hydrogen-bond donors (Lipinski definition) is 0. The lowest BCUT2D eigenvalue weighted by Gasteiger charge is -2.10. The number of fused-ring (bicyclic) bond motifs is 1. The molecule has 0 aromatic heterocycles. The second-order valence-corrected chi connectivity index (χ2v) is 4.57. The van der Waals surface area contributed by atoms with E-state index in [0.717, 1.165) is 0 Å². The van der Waals surface area contributed by atoms with Crippen LogP contribution in [-0.2, 0) is 6.42 Å². The molecule has 1 heterocycles. The third kappa shape index (κ3) is 1.22. The highest BCUT2D eigenvalue weighted by Crippen LogP contribution is 2.32. The summed E-state index contributed by atoms with van der Waals surface area (Å²) in [4.78, 5) is 0. The minimum atomic E-state index is 1.17. The average molecular weight is 273 g/mol. The third-order valence-electron chi connectivity index (χ3n) is 2.53. The molecule has 0 saturated heterocycles. The summed E-state index contributed by atoms with van der Waals surface area (Å²) in [5.74, 6) is 0. The zero-order chi connectivity index (χ0) is 8.72. The van der Waals surface area contributed by atoms with E-state index >= 15 is 0 Å². The zero-order valence-electron chi connectivity index (χ0n) is 7.39. The van der Waals surface area contributed by atoms with E-state index in [1.54, 1.807) is 0 Å². The Morgan fingerprint density at radius 3 is 2.67 bits per heavy atom. The fraction of sp³-hybridized carbons (Fsp3) is 0.400. The van der Waals surface area contributed by atoms with E-state index in [4.69, 9.17) is 0 Å². The second kappa shape index (κ2) is 2.91. The van der Waals surface area contributed by atoms with Crippen LogP contribution in [0.1, 0.15) is 16.7 Å². The maximum Gasteiger partial charge on any atom is 0.0591 e. The first kappa shape index (κ1) is 8.35. The van der Waals surface area contributed by atoms with Crippen molar-refractivity contribution in [1.82, 2.24) is 0 Å². The van der Waals surface area contributed by atoms with Crippen LogP contribution in [0, 0.1) is 13.8 Å². The summed E-state index contributed by atoms with van der Waals surface area (Å²) in [6.07, 6.45) is 1.21. The van der Waals surface area contributed by atoms with Gasteiger partial charge in [0.15, 0.2) is 0 Å². The van der Waals surface area contributed by atoms with Gasteiger partial charge in [0.2, 0.25) is 0 Å². The molecule has 0 bridgehead atoms. The van der Waals surface area contributed by atoms with Crippen LogP contribution in [0.2, 0.25) is 0 Å². The molecule has 1 aromatic carbocycles. The van der Waals surface area contributed by atoms with Gasteiger partial charge in [0, 0.05) is 12.2 Å². The van der Waals surface area contributed by atoms with Crippen LogP contribution >= 0.6 is 22.9 Å². The van der Waals surface area contributed by atoms with Gasteiger partial charge < -0.3 is 3.11 Å². The summed E-state index contributed by atoms with van der Waals surface area (Å²) in [6.45, 7) is 5.53. The summed E-state index contributed by atoms with van der Waals surface area (Å²) < 4.78 is 2.31. The van der Waals surface area contributed by atoms with E-state index in [1.807, 2.05) is 0 Å². The monoisotopic (exact) mass is 273 g/mol. The maximum atomic E-state index is 2.39. The van der Waals surface area contributed by atoms with Gasteiger partial charge in [0.1, 0.15) is 0 Å². The van der Waals surface area contributed by atoms with Crippen molar-refractivity contribution in [2.24, 2.45) is 0 Å². The molecule has 0 N–H and O–H groups in total. The average Bonchev–Trinajstić information content (AvgIpc) is 2.35. The number of halogens is 1. The molecule has 0 atom stereocenters. The lowest BCUT2D eigenvalue weighted by atomic mass is 10.0. The number of aryl methyl sites for hydroxylation is 2. The molecule has 0 amide bonds. The van der Waals surface area contributed by atoms with Crippen molar-refractivity contribution in [3.8, 4) is 0 Å². The van der Waals surface area contributed by atoms with Crippen LogP contribution < -0.4 is 3.11 Å². The molecule has 0 radical (unpaired) electrons. The molecule has 2 rings (SSSR count). The fourth-order valence-electron chi connectivity index (χ4n) is 1.63. The van der Waals surface area contributed by atoms with Crippen LogP contribution in [0.5, 0.6) is 0 Å². The molecule has 12 heavy (non-hydrogen) atoms. The van der Waals surface area contributed by atoms with Gasteiger partial charge in [0.25, 0.3) is 0 Å². The molecule has 1 nitrogen and oxygen atoms in total. The smallest absolute Gasteiger partial charge is 0.0591 e. The Morgan fingerprint density at radius 1 is 1.25 bits per heavy atom. The molecular weight excluding hydrogens is 261 g/mol. The van der Waals surface area contributed by atoms with Crippen LogP contribution in [0.4, 0.5) is 5.69 Å². The summed E-state index contributed by atoms with van der Waals surface area (Å²) in [5.41, 5.74) is 5.74. The van der Waals surface area contributed by atoms with Gasteiger partial charge in [-0.1, -0.05) is 6.07 Å². The molecule has 1 aromatic rings. The standard InChI is InChI=1S/C10H12IN/c1-7-5-9-3-4-12(11)10(9)6-8(7)2/h5-6H,3-4H2,1-2H3. The minimum absolute atomic E-state index is 1.17. The van der Waals surface area contributed by atoms with Crippen molar-refractivity contribution < 1.29 is 0 Å². The van der Waals surface area contributed by atoms with Crippen LogP contribution in [-0.4, -0.2) is 6.54 Å². The molecule has 64 valence electrons. The van der Waals surface area contributed by atoms with Gasteiger partial charge in [-0.2, -0.15) is 0 Å². The van der Waals surface area contributed by atoms with E-state index in [2.05, 4.69) is 52.0 Å². The Hall–Kier alpha value is -0.250. The summed E-state index contributed by atoms with van der Waals surface area (Å²) in [5, 5.41) is 0. The van der Waals surface area contributed by atoms with E-state index in [-0.39, 0.29) is 0 Å². The Bertz CT molecular complexity index is 320. The minimum Gasteiger partial charge on any atom is -0.314 e. The van der Waals surface area contributed by atoms with Crippen molar-refractivity contribution >= 4 is 28.6 Å². The largest absolute Gasteiger partial charge is 0.314 e. The van der Waals surface area contributed by atoms with Gasteiger partial charge in [-0.05, 0) is 43.0 Å². The Morgan fingerprint density at radius 2 is 1.92 bits per heavy atom. The van der Waals surface area contributed by atoms with E-state index in [0.29, 0.717) is 0 Å². The van der Waals surface area contributed by atoms with Crippen molar-refractivity contribution in [2.45, 2.75) is 20.3 Å². The van der Waals surface area contributed by atoms with Gasteiger partial charge in [-0.25, -0.2) is 0 Å². The molecular formula is C10H12IN. The molecule has 1 aliphatic rings. The summed E-state index contributed by atoms with van der Waals surface area (Å²) in [7, 11) is 0. The third-order valence-corrected chi connectivity index (χ3v) is 3.54. The Balaban J connectivity index is 2.56. The molecule has 0 unspecified atom stereocenters. The Labute approximate surface area is 87.3 Å². The van der Waals surface area contributed by atoms with Crippen molar-refractivity contribution in [2.75, 3.05) is 9.66 Å². The predicted octanol–water partition coefficient (Wildman–Crippen LogP) is 3.02. The topological polar surface area (TPSA) is 3.24 Å². The van der Waals surface area contributed by atoms with Gasteiger partial charge in [-0.3, -0.25) is 0 Å². The normalized spacial score (nSPS) is 15.1. The SMILES string of the molecule is Cc1cc2c(cc1C)N(I)CC2. The molecule has 0 aliphatic carbocycles. The lowest BCUT2D eigenvalue weighted by molar-refractivity contribution is 1.07. The first-order valence-corrected chi connectivity index (χ1v) is 5.18. The highest BCUT2D eigenvalue weighted by Gasteiger charge is 2.17. The number of nitrogens with zero attached hydrogens (tertiary/aromatic N) is 1. The first-order valence-electron chi connectivity index (χ1n) is 4.22. The highest BCUT2D eigenvalue weighted by atomic mass is 127. The van der Waals surface area contributed by atoms with Crippen molar-refractivity contribution in [1.29, 1.82) is 0 Å². The van der Waals surface area contributed by atoms with Gasteiger partial charge in [0.05, 0.1) is 22.9 Å². The summed E-state index contributed by atoms with van der Waals surface area (Å²) in [6, 6.07) is 4.62. The molecule has 0 saturated carbocycles. The zero-order valence-corrected chi connectivity index (χ0v) is 9.55. The Kier molecular flexibility index (Phi) is 2.02. The van der Waals surface area contributed by atoms with Gasteiger partial charge in [-0.15, -0.1) is 0 Å². The maximum absolute atomic E-state index is 2.39. The van der Waals surface area contributed by atoms with E-state index < -0.39 is 0 Å². The van der Waals surface area contributed by atoms with Gasteiger partial charge >= 0.3 is 0 Å². The quantitative estimate of drug-likeness (QED) is 0.519. The van der Waals surface area contributed by atoms with E-state index in [1.165, 1.54) is 35.3 Å². The van der Waals surface area contributed by atoms with Crippen molar-refractivity contribution in [3.05, 3.63) is 28.8 Å². The molecule has 0 fully saturated rings. The predicted molar refractivity (Wildman–Crippen MR) is 61.0 cm³/mol. The molecule has 2 heteroatoms. The number of hydrogen-bond acceptors (Lipinski definition) is 1. The van der Waals surface area contributed by atoms with Crippen LogP contribution in [0.25, 0.3) is 0 Å².